The first-order valence-corrected chi connectivity index (χ1v) is 8.65. The summed E-state index contributed by atoms with van der Waals surface area (Å²) < 4.78 is 13.4. The Bertz CT molecular complexity index is 835. The lowest BCUT2D eigenvalue weighted by Crippen LogP contribution is -2.41. The number of benzene rings is 1. The first-order valence-electron chi connectivity index (χ1n) is 8.65. The number of pyridine rings is 1. The maximum absolute atomic E-state index is 13.4. The molecule has 5 nitrogen and oxygen atoms in total. The summed E-state index contributed by atoms with van der Waals surface area (Å²) in [6.07, 6.45) is 4.93. The number of hydrogen-bond acceptors (Lipinski definition) is 3. The molecule has 0 N–H and O–H groups in total. The number of hydrogen-bond donors (Lipinski definition) is 0. The van der Waals surface area contributed by atoms with Crippen molar-refractivity contribution in [2.45, 2.75) is 43.9 Å². The van der Waals surface area contributed by atoms with E-state index in [1.54, 1.807) is 22.2 Å². The van der Waals surface area contributed by atoms with Crippen molar-refractivity contribution >= 4 is 22.5 Å². The number of carbonyl (C=O) groups excluding carboxylic acids is 1. The van der Waals surface area contributed by atoms with E-state index < -0.39 is 12.2 Å². The van der Waals surface area contributed by atoms with E-state index in [-0.39, 0.29) is 12.1 Å². The lowest BCUT2D eigenvalue weighted by Gasteiger charge is -2.32. The van der Waals surface area contributed by atoms with Crippen LogP contribution in [0.4, 0.5) is 14.9 Å². The van der Waals surface area contributed by atoms with Gasteiger partial charge in [0.25, 0.3) is 0 Å². The molecule has 25 heavy (non-hydrogen) atoms. The zero-order chi connectivity index (χ0) is 17.4. The fourth-order valence-corrected chi connectivity index (χ4v) is 3.93. The van der Waals surface area contributed by atoms with Crippen molar-refractivity contribution in [2.24, 2.45) is 0 Å². The highest BCUT2D eigenvalue weighted by atomic mass is 19.1. The lowest BCUT2D eigenvalue weighted by molar-refractivity contribution is 0.148. The summed E-state index contributed by atoms with van der Waals surface area (Å²) in [5.41, 5.74) is 0.663. The number of nitriles is 1. The summed E-state index contributed by atoms with van der Waals surface area (Å²) in [6, 6.07) is 9.24. The van der Waals surface area contributed by atoms with Crippen LogP contribution >= 0.6 is 0 Å². The van der Waals surface area contributed by atoms with Crippen molar-refractivity contribution in [1.29, 1.82) is 5.26 Å². The van der Waals surface area contributed by atoms with E-state index in [2.05, 4.69) is 11.1 Å². The first-order chi connectivity index (χ1) is 12.2. The summed E-state index contributed by atoms with van der Waals surface area (Å²) in [6.45, 7) is 0.361. The van der Waals surface area contributed by atoms with Crippen LogP contribution in [0.25, 0.3) is 10.8 Å². The van der Waals surface area contributed by atoms with Gasteiger partial charge in [-0.1, -0.05) is 24.3 Å². The molecule has 0 spiro atoms. The van der Waals surface area contributed by atoms with Crippen molar-refractivity contribution in [1.82, 2.24) is 9.88 Å². The highest BCUT2D eigenvalue weighted by molar-refractivity contribution is 6.04. The van der Waals surface area contributed by atoms with Gasteiger partial charge in [-0.15, -0.1) is 0 Å². The Labute approximate surface area is 145 Å². The van der Waals surface area contributed by atoms with Gasteiger partial charge in [-0.25, -0.2) is 9.18 Å². The molecule has 1 unspecified atom stereocenters. The van der Waals surface area contributed by atoms with Crippen LogP contribution in [0.15, 0.2) is 36.7 Å². The molecule has 1 aliphatic carbocycles. The minimum absolute atomic E-state index is 0.0169. The minimum Gasteiger partial charge on any atom is -0.318 e. The second-order valence-corrected chi connectivity index (χ2v) is 6.74. The Morgan fingerprint density at radius 3 is 2.68 bits per heavy atom. The van der Waals surface area contributed by atoms with Gasteiger partial charge in [0.05, 0.1) is 24.5 Å². The number of carbonyl (C=O) groups is 1. The topological polar surface area (TPSA) is 60.2 Å². The molecule has 2 aliphatic rings. The Kier molecular flexibility index (Phi) is 4.00. The van der Waals surface area contributed by atoms with Crippen LogP contribution < -0.4 is 4.90 Å². The standard InChI is InChI=1S/C19H19FN4O/c20-14-5-7-15(8-6-14)23-12-16(9-21)24(19(23)25)18-11-22-10-13-3-1-2-4-17(13)18/h1-4,10-11,14-16H,5-8,12H2. The number of urea groups is 1. The van der Waals surface area contributed by atoms with E-state index in [1.165, 1.54) is 0 Å². The molecule has 4 rings (SSSR count). The molecule has 128 valence electrons. The fourth-order valence-electron chi connectivity index (χ4n) is 3.93. The molecule has 1 aliphatic heterocycles. The molecular weight excluding hydrogens is 319 g/mol. The SMILES string of the molecule is N#CC1CN(C2CCC(F)CC2)C(=O)N1c1cncc2ccccc12. The Morgan fingerprint density at radius 2 is 1.92 bits per heavy atom. The number of rotatable bonds is 2. The molecule has 2 fully saturated rings. The molecule has 1 aromatic heterocycles. The van der Waals surface area contributed by atoms with E-state index in [0.29, 0.717) is 37.9 Å². The van der Waals surface area contributed by atoms with Gasteiger partial charge < -0.3 is 4.90 Å². The Balaban J connectivity index is 1.69. The van der Waals surface area contributed by atoms with Crippen LogP contribution in [-0.2, 0) is 0 Å². The van der Waals surface area contributed by atoms with E-state index in [0.717, 1.165) is 10.8 Å². The predicted molar refractivity (Wildman–Crippen MR) is 92.9 cm³/mol. The summed E-state index contributed by atoms with van der Waals surface area (Å²) in [7, 11) is 0. The molecule has 6 heteroatoms. The normalized spacial score (nSPS) is 26.9. The molecule has 2 heterocycles. The van der Waals surface area contributed by atoms with Gasteiger partial charge in [0.2, 0.25) is 0 Å². The van der Waals surface area contributed by atoms with Crippen molar-refractivity contribution in [2.75, 3.05) is 11.4 Å². The molecule has 0 bridgehead atoms. The van der Waals surface area contributed by atoms with E-state index in [4.69, 9.17) is 0 Å². The summed E-state index contributed by atoms with van der Waals surface area (Å²) >= 11 is 0. The predicted octanol–water partition coefficient (Wildman–Crippen LogP) is 3.65. The summed E-state index contributed by atoms with van der Waals surface area (Å²) in [4.78, 5) is 20.6. The third kappa shape index (κ3) is 2.70. The van der Waals surface area contributed by atoms with Crippen LogP contribution in [-0.4, -0.2) is 40.7 Å². The Hall–Kier alpha value is -2.68. The molecule has 1 saturated carbocycles. The average molecular weight is 338 g/mol. The molecule has 2 aromatic rings. The smallest absolute Gasteiger partial charge is 0.318 e. The maximum atomic E-state index is 13.4. The highest BCUT2D eigenvalue weighted by Gasteiger charge is 2.43. The number of halogens is 1. The van der Waals surface area contributed by atoms with Crippen LogP contribution in [0, 0.1) is 11.3 Å². The van der Waals surface area contributed by atoms with Gasteiger partial charge in [0.15, 0.2) is 0 Å². The van der Waals surface area contributed by atoms with Crippen LogP contribution in [0.2, 0.25) is 0 Å². The third-order valence-electron chi connectivity index (χ3n) is 5.26. The third-order valence-corrected chi connectivity index (χ3v) is 5.26. The van der Waals surface area contributed by atoms with E-state index in [1.807, 2.05) is 24.3 Å². The highest BCUT2D eigenvalue weighted by Crippen LogP contribution is 2.34. The number of amides is 2. The average Bonchev–Trinajstić information content (AvgIpc) is 2.98. The second-order valence-electron chi connectivity index (χ2n) is 6.74. The van der Waals surface area contributed by atoms with Gasteiger partial charge in [-0.3, -0.25) is 9.88 Å². The number of anilines is 1. The maximum Gasteiger partial charge on any atom is 0.326 e. The second kappa shape index (κ2) is 6.32. The molecule has 0 radical (unpaired) electrons. The van der Waals surface area contributed by atoms with Gasteiger partial charge in [0.1, 0.15) is 12.2 Å². The molecule has 2 amide bonds. The monoisotopic (exact) mass is 338 g/mol. The van der Waals surface area contributed by atoms with Gasteiger partial charge in [-0.05, 0) is 25.7 Å². The lowest BCUT2D eigenvalue weighted by atomic mass is 9.93. The summed E-state index contributed by atoms with van der Waals surface area (Å²) in [5.74, 6) is 0. The van der Waals surface area contributed by atoms with Crippen LogP contribution in [0.5, 0.6) is 0 Å². The largest absolute Gasteiger partial charge is 0.326 e. The van der Waals surface area contributed by atoms with E-state index in [9.17, 15) is 14.4 Å². The van der Waals surface area contributed by atoms with Crippen molar-refractivity contribution in [3.8, 4) is 6.07 Å². The van der Waals surface area contributed by atoms with Crippen molar-refractivity contribution in [3.05, 3.63) is 36.7 Å². The molecule has 1 aromatic carbocycles. The minimum atomic E-state index is -0.765. The molecule has 1 saturated heterocycles. The zero-order valence-electron chi connectivity index (χ0n) is 13.8. The quantitative estimate of drug-likeness (QED) is 0.840. The van der Waals surface area contributed by atoms with Crippen molar-refractivity contribution in [3.63, 3.8) is 0 Å². The van der Waals surface area contributed by atoms with Gasteiger partial charge in [-0.2, -0.15) is 5.26 Å². The van der Waals surface area contributed by atoms with Crippen LogP contribution in [0.1, 0.15) is 25.7 Å². The first kappa shape index (κ1) is 15.8. The number of alkyl halides is 1. The van der Waals surface area contributed by atoms with Crippen molar-refractivity contribution < 1.29 is 9.18 Å². The van der Waals surface area contributed by atoms with Crippen LogP contribution in [0.3, 0.4) is 0 Å². The number of fused-ring (bicyclic) bond motifs is 1. The number of nitrogens with zero attached hydrogens (tertiary/aromatic N) is 4. The molecule has 1 atom stereocenters. The van der Waals surface area contributed by atoms with Gasteiger partial charge >= 0.3 is 6.03 Å². The molecular formula is C19H19FN4O. The summed E-state index contributed by atoms with van der Waals surface area (Å²) in [5, 5.41) is 11.4. The number of aromatic nitrogens is 1. The van der Waals surface area contributed by atoms with E-state index >= 15 is 0 Å². The van der Waals surface area contributed by atoms with Gasteiger partial charge in [0, 0.05) is 23.0 Å². The fraction of sp³-hybridized carbons (Fsp3) is 0.421. The zero-order valence-corrected chi connectivity index (χ0v) is 13.8. The Morgan fingerprint density at radius 1 is 1.16 bits per heavy atom.